The third-order valence-corrected chi connectivity index (χ3v) is 2.77. The van der Waals surface area contributed by atoms with Gasteiger partial charge in [0.25, 0.3) is 0 Å². The Morgan fingerprint density at radius 3 is 2.14 bits per heavy atom. The molecule has 0 rings (SSSR count). The Kier molecular flexibility index (Phi) is 4.31. The molecule has 0 aromatic rings. The number of esters is 1. The molecule has 0 radical (unpaired) electrons. The molecule has 0 saturated carbocycles. The second-order valence-corrected chi connectivity index (χ2v) is 5.70. The Balaban J connectivity index is 4.27. The van der Waals surface area contributed by atoms with Gasteiger partial charge in [0.05, 0.1) is 0 Å². The molecule has 5 nitrogen and oxygen atoms in total. The lowest BCUT2D eigenvalue weighted by molar-refractivity contribution is -0.157. The highest BCUT2D eigenvalue weighted by atomic mass is 31.2. The van der Waals surface area contributed by atoms with Gasteiger partial charge < -0.3 is 14.5 Å². The predicted octanol–water partition coefficient (Wildman–Crippen LogP) is 1.14. The molecule has 0 fully saturated rings. The van der Waals surface area contributed by atoms with Crippen LogP contribution in [-0.4, -0.2) is 27.5 Å². The van der Waals surface area contributed by atoms with Crippen LogP contribution in [0, 0.1) is 5.92 Å². The first-order chi connectivity index (χ1) is 6.04. The number of carbonyl (C=O) groups is 1. The Morgan fingerprint density at radius 1 is 1.43 bits per heavy atom. The summed E-state index contributed by atoms with van der Waals surface area (Å²) in [5, 5.41) is 0. The molecule has 0 saturated heterocycles. The van der Waals surface area contributed by atoms with E-state index in [2.05, 4.69) is 0 Å². The van der Waals surface area contributed by atoms with E-state index in [-0.39, 0.29) is 5.92 Å². The molecule has 0 aromatic carbocycles. The van der Waals surface area contributed by atoms with Crippen LogP contribution in [0.4, 0.5) is 0 Å². The summed E-state index contributed by atoms with van der Waals surface area (Å²) in [5.41, 5.74) is -0.702. The van der Waals surface area contributed by atoms with Crippen LogP contribution in [0.1, 0.15) is 27.7 Å². The average Bonchev–Trinajstić information content (AvgIpc) is 1.79. The average molecular weight is 224 g/mol. The van der Waals surface area contributed by atoms with Crippen molar-refractivity contribution in [1.29, 1.82) is 0 Å². The predicted molar refractivity (Wildman–Crippen MR) is 51.9 cm³/mol. The fourth-order valence-electron chi connectivity index (χ4n) is 0.612. The van der Waals surface area contributed by atoms with E-state index in [9.17, 15) is 9.36 Å². The molecule has 0 amide bonds. The minimum absolute atomic E-state index is 0.0863. The summed E-state index contributed by atoms with van der Waals surface area (Å²) in [4.78, 5) is 28.1. The Morgan fingerprint density at radius 2 is 1.86 bits per heavy atom. The van der Waals surface area contributed by atoms with Crippen LogP contribution in [-0.2, 0) is 14.1 Å². The van der Waals surface area contributed by atoms with Gasteiger partial charge in [0.1, 0.15) is 11.8 Å². The number of carbonyl (C=O) groups excluding carboxylic acids is 1. The van der Waals surface area contributed by atoms with Gasteiger partial charge in [0.2, 0.25) is 0 Å². The Hall–Kier alpha value is -0.380. The van der Waals surface area contributed by atoms with Crippen molar-refractivity contribution in [3.05, 3.63) is 0 Å². The Labute approximate surface area is 83.6 Å². The van der Waals surface area contributed by atoms with Crippen molar-refractivity contribution in [2.24, 2.45) is 5.92 Å². The first-order valence-electron chi connectivity index (χ1n) is 4.31. The van der Waals surface area contributed by atoms with E-state index >= 15 is 0 Å². The summed E-state index contributed by atoms with van der Waals surface area (Å²) in [6.45, 7) is 7.14. The fraction of sp³-hybridized carbons (Fsp3) is 0.875. The van der Waals surface area contributed by atoms with Gasteiger partial charge in [-0.25, -0.2) is 0 Å². The molecule has 0 aliphatic carbocycles. The van der Waals surface area contributed by atoms with E-state index in [0.29, 0.717) is 0 Å². The fourth-order valence-corrected chi connectivity index (χ4v) is 1.01. The zero-order valence-electron chi connectivity index (χ0n) is 8.85. The Bertz CT molecular complexity index is 252. The lowest BCUT2D eigenvalue weighted by Gasteiger charge is -2.29. The first kappa shape index (κ1) is 13.6. The van der Waals surface area contributed by atoms with Crippen LogP contribution in [0.2, 0.25) is 0 Å². The van der Waals surface area contributed by atoms with E-state index in [1.807, 2.05) is 13.8 Å². The van der Waals surface area contributed by atoms with Gasteiger partial charge >= 0.3 is 13.6 Å². The van der Waals surface area contributed by atoms with Gasteiger partial charge in [0, 0.05) is 0 Å². The van der Waals surface area contributed by atoms with Gasteiger partial charge in [-0.1, -0.05) is 13.8 Å². The number of ether oxygens (including phenoxy) is 1. The van der Waals surface area contributed by atoms with Crippen LogP contribution >= 0.6 is 7.60 Å². The highest BCUT2D eigenvalue weighted by Crippen LogP contribution is 2.35. The normalized spacial score (nSPS) is 13.1. The number of rotatable bonds is 4. The van der Waals surface area contributed by atoms with E-state index in [1.54, 1.807) is 13.8 Å². The summed E-state index contributed by atoms with van der Waals surface area (Å²) in [7, 11) is -4.31. The molecule has 6 heteroatoms. The highest BCUT2D eigenvalue weighted by Gasteiger charge is 2.29. The second-order valence-electron chi connectivity index (χ2n) is 4.06. The minimum atomic E-state index is -4.31. The molecule has 0 unspecified atom stereocenters. The molecule has 0 aliphatic rings. The SMILES string of the molecule is CC(C)C(C)(C)OC(=O)CP(=O)(O)O. The van der Waals surface area contributed by atoms with Crippen LogP contribution in [0.5, 0.6) is 0 Å². The molecule has 0 heterocycles. The third kappa shape index (κ3) is 5.37. The molecule has 14 heavy (non-hydrogen) atoms. The number of hydrogen-bond donors (Lipinski definition) is 2. The topological polar surface area (TPSA) is 83.8 Å². The van der Waals surface area contributed by atoms with Gasteiger partial charge in [-0.3, -0.25) is 9.36 Å². The third-order valence-electron chi connectivity index (χ3n) is 2.10. The zero-order valence-corrected chi connectivity index (χ0v) is 9.75. The smallest absolute Gasteiger partial charge is 0.336 e. The summed E-state index contributed by atoms with van der Waals surface area (Å²) in [5.74, 6) is -0.778. The van der Waals surface area contributed by atoms with Crippen molar-refractivity contribution in [1.82, 2.24) is 0 Å². The van der Waals surface area contributed by atoms with Crippen molar-refractivity contribution in [2.75, 3.05) is 6.16 Å². The van der Waals surface area contributed by atoms with Gasteiger partial charge in [-0.2, -0.15) is 0 Å². The number of hydrogen-bond acceptors (Lipinski definition) is 3. The largest absolute Gasteiger partial charge is 0.459 e. The molecule has 0 atom stereocenters. The van der Waals surface area contributed by atoms with Crippen molar-refractivity contribution < 1.29 is 23.9 Å². The lowest BCUT2D eigenvalue weighted by Crippen LogP contribution is -2.34. The maximum atomic E-state index is 11.1. The van der Waals surface area contributed by atoms with Crippen molar-refractivity contribution in [3.8, 4) is 0 Å². The minimum Gasteiger partial charge on any atom is -0.459 e. The molecular weight excluding hydrogens is 207 g/mol. The molecule has 84 valence electrons. The van der Waals surface area contributed by atoms with E-state index in [1.165, 1.54) is 0 Å². The van der Waals surface area contributed by atoms with Crippen LogP contribution in [0.15, 0.2) is 0 Å². The highest BCUT2D eigenvalue weighted by molar-refractivity contribution is 7.52. The van der Waals surface area contributed by atoms with E-state index < -0.39 is 25.3 Å². The maximum absolute atomic E-state index is 11.1. The second kappa shape index (κ2) is 4.43. The van der Waals surface area contributed by atoms with Crippen molar-refractivity contribution in [2.45, 2.75) is 33.3 Å². The van der Waals surface area contributed by atoms with Gasteiger partial charge in [-0.05, 0) is 19.8 Å². The molecule has 0 spiro atoms. The standard InChI is InChI=1S/C8H17O5P/c1-6(2)8(3,4)13-7(9)5-14(10,11)12/h6H,5H2,1-4H3,(H2,10,11,12). The van der Waals surface area contributed by atoms with Gasteiger partial charge in [0.15, 0.2) is 0 Å². The molecule has 2 N–H and O–H groups in total. The van der Waals surface area contributed by atoms with Crippen LogP contribution in [0.25, 0.3) is 0 Å². The van der Waals surface area contributed by atoms with Crippen molar-refractivity contribution >= 4 is 13.6 Å². The summed E-state index contributed by atoms with van der Waals surface area (Å²) in [6, 6.07) is 0. The monoisotopic (exact) mass is 224 g/mol. The van der Waals surface area contributed by atoms with Crippen LogP contribution in [0.3, 0.4) is 0 Å². The summed E-state index contributed by atoms with van der Waals surface area (Å²) >= 11 is 0. The van der Waals surface area contributed by atoms with E-state index in [4.69, 9.17) is 14.5 Å². The molecule has 0 aromatic heterocycles. The van der Waals surface area contributed by atoms with Crippen LogP contribution < -0.4 is 0 Å². The maximum Gasteiger partial charge on any atom is 0.336 e. The van der Waals surface area contributed by atoms with Crippen molar-refractivity contribution in [3.63, 3.8) is 0 Å². The summed E-state index contributed by atoms with van der Waals surface area (Å²) < 4.78 is 15.4. The molecule has 0 aliphatic heterocycles. The molecular formula is C8H17O5P. The van der Waals surface area contributed by atoms with E-state index in [0.717, 1.165) is 0 Å². The quantitative estimate of drug-likeness (QED) is 0.552. The first-order valence-corrected chi connectivity index (χ1v) is 6.11. The summed E-state index contributed by atoms with van der Waals surface area (Å²) in [6.07, 6.45) is -0.858. The zero-order chi connectivity index (χ0) is 11.6. The molecule has 0 bridgehead atoms. The lowest BCUT2D eigenvalue weighted by atomic mass is 9.95. The van der Waals surface area contributed by atoms with Gasteiger partial charge in [-0.15, -0.1) is 0 Å².